The van der Waals surface area contributed by atoms with Gasteiger partial charge in [0.1, 0.15) is 11.5 Å². The molecule has 0 aliphatic heterocycles. The van der Waals surface area contributed by atoms with Gasteiger partial charge in [0.2, 0.25) is 5.95 Å². The summed E-state index contributed by atoms with van der Waals surface area (Å²) in [6, 6.07) is 4.93. The van der Waals surface area contributed by atoms with Crippen LogP contribution in [0.4, 0.5) is 23.1 Å². The minimum atomic E-state index is -0.404. The van der Waals surface area contributed by atoms with Crippen LogP contribution in [-0.2, 0) is 6.42 Å². The Morgan fingerprint density at radius 2 is 1.89 bits per heavy atom. The molecule has 0 saturated heterocycles. The van der Waals surface area contributed by atoms with Crippen molar-refractivity contribution in [2.24, 2.45) is 0 Å². The average Bonchev–Trinajstić information content (AvgIpc) is 3.20. The maximum absolute atomic E-state index is 11.7. The maximum Gasteiger partial charge on any atom is 0.292 e. The van der Waals surface area contributed by atoms with E-state index in [-0.39, 0.29) is 23.5 Å². The number of benzene rings is 1. The first-order valence-electron chi connectivity index (χ1n) is 8.55. The van der Waals surface area contributed by atoms with Crippen molar-refractivity contribution >= 4 is 23.1 Å². The normalized spacial score (nSPS) is 15.0. The second-order valence-corrected chi connectivity index (χ2v) is 6.38. The first-order chi connectivity index (χ1) is 13.0. The lowest BCUT2D eigenvalue weighted by molar-refractivity contribution is -0.383. The Labute approximate surface area is 155 Å². The molecule has 0 amide bonds. The molecule has 1 heterocycles. The largest absolute Gasteiger partial charge is 0.383 e. The van der Waals surface area contributed by atoms with Gasteiger partial charge in [-0.15, -0.1) is 0 Å². The van der Waals surface area contributed by atoms with Gasteiger partial charge in [0.25, 0.3) is 5.69 Å². The van der Waals surface area contributed by atoms with Gasteiger partial charge < -0.3 is 16.8 Å². The van der Waals surface area contributed by atoms with Crippen LogP contribution < -0.4 is 16.8 Å². The van der Waals surface area contributed by atoms with E-state index in [0.717, 1.165) is 11.1 Å². The zero-order chi connectivity index (χ0) is 19.1. The number of nitrogens with zero attached hydrogens (tertiary/aromatic N) is 3. The third-order valence-corrected chi connectivity index (χ3v) is 4.75. The molecule has 2 bridgehead atoms. The summed E-state index contributed by atoms with van der Waals surface area (Å²) in [6.45, 7) is 1.92. The van der Waals surface area contributed by atoms with Crippen molar-refractivity contribution < 1.29 is 4.92 Å². The number of hydrogen-bond donors (Lipinski definition) is 3. The second kappa shape index (κ2) is 6.24. The molecule has 0 fully saturated rings. The number of nitrogens with two attached hydrogens (primary N) is 2. The molecule has 4 rings (SSSR count). The van der Waals surface area contributed by atoms with Gasteiger partial charge in [0.05, 0.1) is 16.7 Å². The van der Waals surface area contributed by atoms with Crippen molar-refractivity contribution in [2.45, 2.75) is 19.4 Å². The fraction of sp³-hybridized carbons (Fsp3) is 0.158. The molecule has 1 aromatic carbocycles. The maximum atomic E-state index is 11.7. The molecule has 0 saturated carbocycles. The van der Waals surface area contributed by atoms with Crippen LogP contribution in [0.15, 0.2) is 53.6 Å². The predicted octanol–water partition coefficient (Wildman–Crippen LogP) is 3.00. The number of hydrogen-bond acceptors (Lipinski definition) is 7. The number of fused-ring (bicyclic) bond motifs is 2. The fourth-order valence-electron chi connectivity index (χ4n) is 3.47. The number of rotatable bonds is 5. The molecule has 5 N–H and O–H groups in total. The van der Waals surface area contributed by atoms with Gasteiger partial charge in [-0.2, -0.15) is 4.98 Å². The van der Waals surface area contributed by atoms with E-state index in [4.69, 9.17) is 11.5 Å². The van der Waals surface area contributed by atoms with Gasteiger partial charge >= 0.3 is 0 Å². The number of nitro groups is 1. The number of nitrogens with one attached hydrogen (secondary N) is 1. The van der Waals surface area contributed by atoms with Crippen LogP contribution in [0.2, 0.25) is 0 Å². The lowest BCUT2D eigenvalue weighted by atomic mass is 10.0. The predicted molar refractivity (Wildman–Crippen MR) is 105 cm³/mol. The van der Waals surface area contributed by atoms with Gasteiger partial charge in [-0.05, 0) is 29.2 Å². The summed E-state index contributed by atoms with van der Waals surface area (Å²) in [7, 11) is 0. The molecule has 2 aliphatic carbocycles. The SMILES string of the molecule is CCc1nc(N)nc(N)c1-c1ccc(NC2C3=CC=C2C=C3)c([N+](=O)[O-])c1. The average molecular weight is 362 g/mol. The highest BCUT2D eigenvalue weighted by Gasteiger charge is 2.27. The van der Waals surface area contributed by atoms with Crippen LogP contribution in [0.25, 0.3) is 11.1 Å². The molecule has 27 heavy (non-hydrogen) atoms. The highest BCUT2D eigenvalue weighted by atomic mass is 16.6. The molecule has 1 aromatic heterocycles. The van der Waals surface area contributed by atoms with Crippen LogP contribution >= 0.6 is 0 Å². The summed E-state index contributed by atoms with van der Waals surface area (Å²) >= 11 is 0. The van der Waals surface area contributed by atoms with Crippen molar-refractivity contribution in [1.82, 2.24) is 9.97 Å². The summed E-state index contributed by atoms with van der Waals surface area (Å²) in [5.41, 5.74) is 16.1. The standard InChI is InChI=1S/C19H18N6O2/c1-2-13-16(18(20)24-19(21)23-13)12-7-8-14(15(9-12)25(26)27)22-17-10-3-4-11(17)6-5-10/h3-9,17,22H,2H2,1H3,(H4,20,21,23,24). The monoisotopic (exact) mass is 362 g/mol. The zero-order valence-electron chi connectivity index (χ0n) is 14.6. The highest BCUT2D eigenvalue weighted by Crippen LogP contribution is 2.38. The highest BCUT2D eigenvalue weighted by molar-refractivity contribution is 5.81. The van der Waals surface area contributed by atoms with E-state index in [1.165, 1.54) is 6.07 Å². The van der Waals surface area contributed by atoms with E-state index >= 15 is 0 Å². The molecule has 0 spiro atoms. The van der Waals surface area contributed by atoms with Gasteiger partial charge in [-0.25, -0.2) is 4.98 Å². The topological polar surface area (TPSA) is 133 Å². The van der Waals surface area contributed by atoms with Crippen LogP contribution in [0.1, 0.15) is 12.6 Å². The van der Waals surface area contributed by atoms with Crippen LogP contribution in [0.5, 0.6) is 0 Å². The smallest absolute Gasteiger partial charge is 0.292 e. The fourth-order valence-corrected chi connectivity index (χ4v) is 3.47. The zero-order valence-corrected chi connectivity index (χ0v) is 14.6. The number of aromatic nitrogens is 2. The minimum absolute atomic E-state index is 0.0294. The molecule has 2 aromatic rings. The van der Waals surface area contributed by atoms with E-state index < -0.39 is 4.92 Å². The Balaban J connectivity index is 1.76. The minimum Gasteiger partial charge on any atom is -0.383 e. The van der Waals surface area contributed by atoms with Gasteiger partial charge in [0.15, 0.2) is 0 Å². The molecule has 0 unspecified atom stereocenters. The molecule has 2 aliphatic rings. The third kappa shape index (κ3) is 2.80. The third-order valence-electron chi connectivity index (χ3n) is 4.75. The lowest BCUT2D eigenvalue weighted by Gasteiger charge is -2.16. The molecule has 8 heteroatoms. The summed E-state index contributed by atoms with van der Waals surface area (Å²) in [4.78, 5) is 19.5. The number of aryl methyl sites for hydroxylation is 1. The van der Waals surface area contributed by atoms with Crippen molar-refractivity contribution in [3.8, 4) is 11.1 Å². The first kappa shape index (κ1) is 16.8. The van der Waals surface area contributed by atoms with Crippen molar-refractivity contribution in [3.05, 3.63) is 69.5 Å². The van der Waals surface area contributed by atoms with Gasteiger partial charge in [0, 0.05) is 11.6 Å². The quantitative estimate of drug-likeness (QED) is 0.550. The van der Waals surface area contributed by atoms with E-state index in [1.54, 1.807) is 12.1 Å². The molecule has 0 radical (unpaired) electrons. The summed E-state index contributed by atoms with van der Waals surface area (Å²) < 4.78 is 0. The molecular formula is C19H18N6O2. The Bertz CT molecular complexity index is 1030. The number of nitrogen functional groups attached to an aromatic ring is 2. The molecule has 8 nitrogen and oxygen atoms in total. The number of allylic oxidation sites excluding steroid dienone is 2. The summed E-state index contributed by atoms with van der Waals surface area (Å²) in [5, 5.41) is 15.0. The van der Waals surface area contributed by atoms with Crippen LogP contribution in [-0.4, -0.2) is 20.9 Å². The van der Waals surface area contributed by atoms with Crippen LogP contribution in [0.3, 0.4) is 0 Å². The van der Waals surface area contributed by atoms with E-state index in [0.29, 0.717) is 28.9 Å². The molecule has 136 valence electrons. The van der Waals surface area contributed by atoms with E-state index in [1.807, 2.05) is 31.2 Å². The lowest BCUT2D eigenvalue weighted by Crippen LogP contribution is -2.18. The van der Waals surface area contributed by atoms with Crippen LogP contribution in [0, 0.1) is 10.1 Å². The number of anilines is 3. The van der Waals surface area contributed by atoms with E-state index in [2.05, 4.69) is 15.3 Å². The second-order valence-electron chi connectivity index (χ2n) is 6.38. The van der Waals surface area contributed by atoms with Crippen molar-refractivity contribution in [1.29, 1.82) is 0 Å². The Morgan fingerprint density at radius 3 is 2.48 bits per heavy atom. The van der Waals surface area contributed by atoms with Crippen molar-refractivity contribution in [3.63, 3.8) is 0 Å². The molecule has 0 atom stereocenters. The molecular weight excluding hydrogens is 344 g/mol. The van der Waals surface area contributed by atoms with Gasteiger partial charge in [-0.1, -0.05) is 37.3 Å². The van der Waals surface area contributed by atoms with Crippen molar-refractivity contribution in [2.75, 3.05) is 16.8 Å². The van der Waals surface area contributed by atoms with Gasteiger partial charge in [-0.3, -0.25) is 10.1 Å². The summed E-state index contributed by atoms with van der Waals surface area (Å²) in [5.74, 6) is 0.300. The Kier molecular flexibility index (Phi) is 3.88. The van der Waals surface area contributed by atoms with E-state index in [9.17, 15) is 10.1 Å². The Hall–Kier alpha value is -3.68. The Morgan fingerprint density at radius 1 is 1.19 bits per heavy atom. The first-order valence-corrected chi connectivity index (χ1v) is 8.55. The number of nitro benzene ring substituents is 1. The summed E-state index contributed by atoms with van der Waals surface area (Å²) in [6.07, 6.45) is 8.61.